The quantitative estimate of drug-likeness (QED) is 0.518. The highest BCUT2D eigenvalue weighted by Crippen LogP contribution is 2.30. The van der Waals surface area contributed by atoms with Crippen LogP contribution in [0.15, 0.2) is 36.9 Å². The molecule has 2 aromatic rings. The van der Waals surface area contributed by atoms with E-state index in [1.165, 1.54) is 12.1 Å². The van der Waals surface area contributed by atoms with Crippen LogP contribution >= 0.6 is 11.6 Å². The van der Waals surface area contributed by atoms with E-state index in [1.807, 2.05) is 18.4 Å². The summed E-state index contributed by atoms with van der Waals surface area (Å²) in [5.41, 5.74) is 3.20. The van der Waals surface area contributed by atoms with Crippen LogP contribution in [0.25, 0.3) is 5.03 Å². The molecule has 0 N–H and O–H groups in total. The minimum absolute atomic E-state index is 0.195. The normalized spacial score (nSPS) is 11.6. The molecule has 0 radical (unpaired) electrons. The molecule has 0 aliphatic rings. The number of hydrogen-bond acceptors (Lipinski definition) is 1. The van der Waals surface area contributed by atoms with E-state index >= 15 is 0 Å². The predicted octanol–water partition coefficient (Wildman–Crippen LogP) is 5.20. The largest absolute Gasteiger partial charge is 0.340 e. The lowest BCUT2D eigenvalue weighted by atomic mass is 10.1. The summed E-state index contributed by atoms with van der Waals surface area (Å²) >= 11 is 6.40. The lowest BCUT2D eigenvalue weighted by molar-refractivity contribution is 0.112. The Hall–Kier alpha value is -2.20. The number of carbonyl (C=O) groups is 1. The van der Waals surface area contributed by atoms with Crippen LogP contribution in [0.3, 0.4) is 0 Å². The first kappa shape index (κ1) is 18.1. The molecule has 2 nitrogen and oxygen atoms in total. The van der Waals surface area contributed by atoms with Gasteiger partial charge in [0.15, 0.2) is 6.29 Å². The molecule has 0 atom stereocenters. The Morgan fingerprint density at radius 1 is 1.33 bits per heavy atom. The van der Waals surface area contributed by atoms with Gasteiger partial charge in [-0.1, -0.05) is 29.8 Å². The molecule has 0 saturated heterocycles. The molecular weight excluding hydrogens is 332 g/mol. The van der Waals surface area contributed by atoms with Crippen molar-refractivity contribution >= 4 is 22.9 Å². The molecule has 5 heteroatoms. The van der Waals surface area contributed by atoms with Crippen molar-refractivity contribution < 1.29 is 13.6 Å². The van der Waals surface area contributed by atoms with E-state index in [2.05, 4.69) is 6.58 Å². The number of nitrogens with zero attached hydrogens (tertiary/aromatic N) is 1. The Bertz CT molecular complexity index is 821. The van der Waals surface area contributed by atoms with Gasteiger partial charge in [0, 0.05) is 23.9 Å². The van der Waals surface area contributed by atoms with E-state index in [4.69, 9.17) is 11.6 Å². The van der Waals surface area contributed by atoms with Gasteiger partial charge < -0.3 is 4.57 Å². The number of carbonyl (C=O) groups excluding carboxylic acids is 1. The van der Waals surface area contributed by atoms with E-state index in [-0.39, 0.29) is 6.42 Å². The van der Waals surface area contributed by atoms with Crippen molar-refractivity contribution in [3.8, 4) is 0 Å². The topological polar surface area (TPSA) is 22.0 Å². The minimum Gasteiger partial charge on any atom is -0.340 e. The summed E-state index contributed by atoms with van der Waals surface area (Å²) in [5, 5.41) is 0.346. The first-order valence-corrected chi connectivity index (χ1v) is 7.84. The number of halogens is 3. The Balaban J connectivity index is 2.44. The molecule has 2 rings (SSSR count). The molecule has 1 aromatic carbocycles. The van der Waals surface area contributed by atoms with Crippen molar-refractivity contribution in [2.45, 2.75) is 26.8 Å². The third kappa shape index (κ3) is 3.49. The van der Waals surface area contributed by atoms with Gasteiger partial charge in [0.05, 0.1) is 10.7 Å². The average Bonchev–Trinajstić information content (AvgIpc) is 2.78. The van der Waals surface area contributed by atoms with Gasteiger partial charge in [-0.15, -0.1) is 6.58 Å². The van der Waals surface area contributed by atoms with Crippen LogP contribution in [-0.2, 0) is 13.0 Å². The smallest absolute Gasteiger partial charge is 0.152 e. The predicted molar refractivity (Wildman–Crippen MR) is 93.4 cm³/mol. The van der Waals surface area contributed by atoms with Gasteiger partial charge in [-0.2, -0.15) is 0 Å². The van der Waals surface area contributed by atoms with Crippen molar-refractivity contribution in [2.75, 3.05) is 0 Å². The van der Waals surface area contributed by atoms with Gasteiger partial charge >= 0.3 is 0 Å². The maximum Gasteiger partial charge on any atom is 0.152 e. The van der Waals surface area contributed by atoms with E-state index in [0.717, 1.165) is 23.6 Å². The van der Waals surface area contributed by atoms with Gasteiger partial charge in [-0.25, -0.2) is 8.78 Å². The Labute approximate surface area is 145 Å². The van der Waals surface area contributed by atoms with Crippen molar-refractivity contribution in [1.82, 2.24) is 4.57 Å². The lowest BCUT2D eigenvalue weighted by Gasteiger charge is -2.09. The van der Waals surface area contributed by atoms with E-state index in [0.29, 0.717) is 28.4 Å². The van der Waals surface area contributed by atoms with Crippen LogP contribution in [0.4, 0.5) is 8.78 Å². The van der Waals surface area contributed by atoms with Crippen molar-refractivity contribution in [1.29, 1.82) is 0 Å². The molecule has 1 heterocycles. The first-order valence-electron chi connectivity index (χ1n) is 7.46. The van der Waals surface area contributed by atoms with Gasteiger partial charge in [-0.05, 0) is 37.5 Å². The fourth-order valence-electron chi connectivity index (χ4n) is 2.63. The molecule has 0 fully saturated rings. The molecule has 0 amide bonds. The summed E-state index contributed by atoms with van der Waals surface area (Å²) in [7, 11) is 0. The van der Waals surface area contributed by atoms with Crippen LogP contribution < -0.4 is 0 Å². The summed E-state index contributed by atoms with van der Waals surface area (Å²) in [6, 6.07) is 3.42. The molecular formula is C19H18ClF2NO. The number of aromatic nitrogens is 1. The summed E-state index contributed by atoms with van der Waals surface area (Å²) in [4.78, 5) is 11.5. The second-order valence-corrected chi connectivity index (χ2v) is 5.89. The number of hydrogen-bond donors (Lipinski definition) is 0. The zero-order valence-corrected chi connectivity index (χ0v) is 14.3. The van der Waals surface area contributed by atoms with Gasteiger partial charge in [0.1, 0.15) is 11.6 Å². The summed E-state index contributed by atoms with van der Waals surface area (Å²) in [5.74, 6) is -1.25. The van der Waals surface area contributed by atoms with E-state index < -0.39 is 11.6 Å². The van der Waals surface area contributed by atoms with Gasteiger partial charge in [0.25, 0.3) is 0 Å². The first-order chi connectivity index (χ1) is 11.4. The second kappa shape index (κ2) is 7.58. The highest BCUT2D eigenvalue weighted by atomic mass is 35.5. The fraction of sp³-hybridized carbons (Fsp3) is 0.211. The third-order valence-electron chi connectivity index (χ3n) is 4.05. The monoisotopic (exact) mass is 349 g/mol. The summed E-state index contributed by atoms with van der Waals surface area (Å²) < 4.78 is 28.6. The Kier molecular flexibility index (Phi) is 5.73. The van der Waals surface area contributed by atoms with Crippen molar-refractivity contribution in [2.24, 2.45) is 0 Å². The molecule has 0 aliphatic carbocycles. The fourth-order valence-corrected chi connectivity index (χ4v) is 2.91. The molecule has 1 aromatic heterocycles. The van der Waals surface area contributed by atoms with Crippen LogP contribution in [-0.4, -0.2) is 10.9 Å². The number of aldehydes is 1. The average molecular weight is 350 g/mol. The Morgan fingerprint density at radius 3 is 2.62 bits per heavy atom. The van der Waals surface area contributed by atoms with E-state index in [1.54, 1.807) is 12.2 Å². The van der Waals surface area contributed by atoms with Crippen LogP contribution in [0.2, 0.25) is 0 Å². The molecule has 126 valence electrons. The van der Waals surface area contributed by atoms with Crippen molar-refractivity contribution in [3.63, 3.8) is 0 Å². The maximum absolute atomic E-state index is 13.7. The molecule has 24 heavy (non-hydrogen) atoms. The molecule has 0 spiro atoms. The van der Waals surface area contributed by atoms with Crippen LogP contribution in [0, 0.1) is 25.5 Å². The van der Waals surface area contributed by atoms with E-state index in [9.17, 15) is 13.6 Å². The van der Waals surface area contributed by atoms with Crippen LogP contribution in [0.1, 0.15) is 32.9 Å². The number of allylic oxidation sites excluding steroid dienone is 2. The standard InChI is InChI=1S/C19H18ClF2NO/c1-4-9-23-13(3)12(2)16(11-24)19(23)17(20)8-6-14-5-7-15(21)10-18(14)22/h4-5,7-8,10-11H,1,6,9H2,2-3H3. The zero-order valence-electron chi connectivity index (χ0n) is 13.6. The van der Waals surface area contributed by atoms with Gasteiger partial charge in [-0.3, -0.25) is 4.79 Å². The highest BCUT2D eigenvalue weighted by Gasteiger charge is 2.18. The van der Waals surface area contributed by atoms with Crippen molar-refractivity contribution in [3.05, 3.63) is 76.6 Å². The summed E-state index contributed by atoms with van der Waals surface area (Å²) in [6.07, 6.45) is 4.31. The second-order valence-electron chi connectivity index (χ2n) is 5.48. The maximum atomic E-state index is 13.7. The lowest BCUT2D eigenvalue weighted by Crippen LogP contribution is -2.03. The molecule has 0 aliphatic heterocycles. The molecule has 0 bridgehead atoms. The number of rotatable bonds is 6. The summed E-state index contributed by atoms with van der Waals surface area (Å²) in [6.45, 7) is 7.98. The van der Waals surface area contributed by atoms with Gasteiger partial charge in [0.2, 0.25) is 0 Å². The minimum atomic E-state index is -0.625. The SMILES string of the molecule is C=CCn1c(C)c(C)c(C=O)c1C(Cl)=CCc1ccc(F)cc1F. The van der Waals surface area contributed by atoms with Crippen LogP contribution in [0.5, 0.6) is 0 Å². The molecule has 0 saturated carbocycles. The Morgan fingerprint density at radius 2 is 2.04 bits per heavy atom. The molecule has 0 unspecified atom stereocenters. The third-order valence-corrected chi connectivity index (χ3v) is 4.38. The number of benzene rings is 1. The highest BCUT2D eigenvalue weighted by molar-refractivity contribution is 6.49. The zero-order chi connectivity index (χ0) is 17.9.